The maximum atomic E-state index is 10.5. The van der Waals surface area contributed by atoms with Gasteiger partial charge in [-0.1, -0.05) is 77.0 Å². The molecule has 0 heterocycles. The van der Waals surface area contributed by atoms with E-state index in [1.54, 1.807) is 0 Å². The summed E-state index contributed by atoms with van der Waals surface area (Å²) in [6, 6.07) is -0.695. The van der Waals surface area contributed by atoms with Crippen molar-refractivity contribution in [1.29, 1.82) is 0 Å². The van der Waals surface area contributed by atoms with Gasteiger partial charge in [0.2, 0.25) is 0 Å². The molecule has 0 aliphatic rings. The van der Waals surface area contributed by atoms with Crippen LogP contribution in [0.4, 0.5) is 0 Å². The molecule has 5 heteroatoms. The highest BCUT2D eigenvalue weighted by atomic mass is 16.4. The Morgan fingerprint density at radius 1 is 0.652 bits per heavy atom. The SMILES string of the molecule is NC(CCCCCCCCCCCCCCCC(=O)O)C(=O)O. The van der Waals surface area contributed by atoms with Crippen LogP contribution in [0.5, 0.6) is 0 Å². The minimum Gasteiger partial charge on any atom is -0.481 e. The number of carbonyl (C=O) groups is 2. The first kappa shape index (κ1) is 21.9. The Bertz CT molecular complexity index is 307. The summed E-state index contributed by atoms with van der Waals surface area (Å²) >= 11 is 0. The molecule has 0 spiro atoms. The molecular formula is C18H35NO4. The zero-order chi connectivity index (χ0) is 17.3. The van der Waals surface area contributed by atoms with E-state index in [1.807, 2.05) is 0 Å². The molecule has 0 aromatic rings. The van der Waals surface area contributed by atoms with E-state index in [0.717, 1.165) is 32.1 Å². The molecule has 0 rings (SSSR count). The number of rotatable bonds is 17. The normalized spacial score (nSPS) is 12.2. The van der Waals surface area contributed by atoms with E-state index in [0.29, 0.717) is 12.8 Å². The van der Waals surface area contributed by atoms with E-state index in [9.17, 15) is 9.59 Å². The molecule has 0 bridgehead atoms. The van der Waals surface area contributed by atoms with Crippen LogP contribution in [0.25, 0.3) is 0 Å². The lowest BCUT2D eigenvalue weighted by molar-refractivity contribution is -0.139. The van der Waals surface area contributed by atoms with Crippen LogP contribution in [0.1, 0.15) is 96.3 Å². The number of nitrogens with two attached hydrogens (primary N) is 1. The fraction of sp³-hybridized carbons (Fsp3) is 0.889. The van der Waals surface area contributed by atoms with Gasteiger partial charge in [-0.3, -0.25) is 9.59 Å². The Labute approximate surface area is 140 Å². The van der Waals surface area contributed by atoms with E-state index in [1.165, 1.54) is 51.4 Å². The average molecular weight is 329 g/mol. The molecule has 1 atom stereocenters. The summed E-state index contributed by atoms with van der Waals surface area (Å²) in [5.74, 6) is -1.58. The molecule has 4 N–H and O–H groups in total. The minimum absolute atomic E-state index is 0.308. The standard InChI is InChI=1S/C18H35NO4/c19-16(18(22)23)14-12-10-8-6-4-2-1-3-5-7-9-11-13-15-17(20)21/h16H,1-15,19H2,(H,20,21)(H,22,23). The van der Waals surface area contributed by atoms with Crippen LogP contribution in [0.15, 0.2) is 0 Å². The topological polar surface area (TPSA) is 101 Å². The first-order valence-corrected chi connectivity index (χ1v) is 9.24. The van der Waals surface area contributed by atoms with Crippen molar-refractivity contribution in [3.05, 3.63) is 0 Å². The molecular weight excluding hydrogens is 294 g/mol. The van der Waals surface area contributed by atoms with Crippen molar-refractivity contribution in [1.82, 2.24) is 0 Å². The van der Waals surface area contributed by atoms with Crippen molar-refractivity contribution >= 4 is 11.9 Å². The Balaban J connectivity index is 3.08. The van der Waals surface area contributed by atoms with Crippen LogP contribution >= 0.6 is 0 Å². The first-order valence-electron chi connectivity index (χ1n) is 9.24. The highest BCUT2D eigenvalue weighted by molar-refractivity contribution is 5.72. The molecule has 0 aliphatic carbocycles. The fourth-order valence-corrected chi connectivity index (χ4v) is 2.71. The molecule has 0 aromatic heterocycles. The second kappa shape index (κ2) is 15.8. The zero-order valence-electron chi connectivity index (χ0n) is 14.5. The van der Waals surface area contributed by atoms with Gasteiger partial charge < -0.3 is 15.9 Å². The monoisotopic (exact) mass is 329 g/mol. The van der Waals surface area contributed by atoms with Crippen molar-refractivity contribution < 1.29 is 19.8 Å². The second-order valence-electron chi connectivity index (χ2n) is 6.47. The summed E-state index contributed by atoms with van der Waals surface area (Å²) < 4.78 is 0. The van der Waals surface area contributed by atoms with E-state index in [2.05, 4.69) is 0 Å². The Morgan fingerprint density at radius 3 is 1.35 bits per heavy atom. The largest absolute Gasteiger partial charge is 0.481 e. The molecule has 0 radical (unpaired) electrons. The smallest absolute Gasteiger partial charge is 0.320 e. The first-order chi connectivity index (χ1) is 11.0. The van der Waals surface area contributed by atoms with Gasteiger partial charge in [0, 0.05) is 6.42 Å². The van der Waals surface area contributed by atoms with Crippen molar-refractivity contribution in [3.63, 3.8) is 0 Å². The van der Waals surface area contributed by atoms with Gasteiger partial charge in [-0.05, 0) is 12.8 Å². The van der Waals surface area contributed by atoms with Crippen LogP contribution in [0, 0.1) is 0 Å². The predicted molar refractivity (Wildman–Crippen MR) is 92.5 cm³/mol. The maximum Gasteiger partial charge on any atom is 0.320 e. The predicted octanol–water partition coefficient (Wildman–Crippen LogP) is 4.33. The van der Waals surface area contributed by atoms with Gasteiger partial charge in [-0.25, -0.2) is 0 Å². The van der Waals surface area contributed by atoms with E-state index >= 15 is 0 Å². The van der Waals surface area contributed by atoms with Gasteiger partial charge in [0.15, 0.2) is 0 Å². The number of aliphatic carboxylic acids is 2. The van der Waals surface area contributed by atoms with Gasteiger partial charge in [0.1, 0.15) is 6.04 Å². The molecule has 5 nitrogen and oxygen atoms in total. The maximum absolute atomic E-state index is 10.5. The molecule has 136 valence electrons. The van der Waals surface area contributed by atoms with Gasteiger partial charge >= 0.3 is 11.9 Å². The molecule has 0 saturated heterocycles. The fourth-order valence-electron chi connectivity index (χ4n) is 2.71. The highest BCUT2D eigenvalue weighted by Gasteiger charge is 2.09. The Hall–Kier alpha value is -1.10. The molecule has 0 aromatic carbocycles. The highest BCUT2D eigenvalue weighted by Crippen LogP contribution is 2.13. The minimum atomic E-state index is -0.896. The van der Waals surface area contributed by atoms with Crippen molar-refractivity contribution in [2.75, 3.05) is 0 Å². The van der Waals surface area contributed by atoms with E-state index < -0.39 is 18.0 Å². The third kappa shape index (κ3) is 17.1. The van der Waals surface area contributed by atoms with E-state index in [-0.39, 0.29) is 0 Å². The summed E-state index contributed by atoms with van der Waals surface area (Å²) in [6.07, 6.45) is 15.9. The Morgan fingerprint density at radius 2 is 1.00 bits per heavy atom. The summed E-state index contributed by atoms with van der Waals surface area (Å²) in [7, 11) is 0. The number of hydrogen-bond acceptors (Lipinski definition) is 3. The number of hydrogen-bond donors (Lipinski definition) is 3. The number of carboxylic acids is 2. The molecule has 0 aliphatic heterocycles. The third-order valence-corrected chi connectivity index (χ3v) is 4.22. The zero-order valence-corrected chi connectivity index (χ0v) is 14.5. The Kier molecular flexibility index (Phi) is 15.0. The van der Waals surface area contributed by atoms with Crippen molar-refractivity contribution in [2.45, 2.75) is 102 Å². The lowest BCUT2D eigenvalue weighted by Gasteiger charge is -2.06. The number of carboxylic acid groups (broad SMARTS) is 2. The lowest BCUT2D eigenvalue weighted by Crippen LogP contribution is -2.29. The third-order valence-electron chi connectivity index (χ3n) is 4.22. The van der Waals surface area contributed by atoms with Crippen molar-refractivity contribution in [3.8, 4) is 0 Å². The molecule has 0 fully saturated rings. The van der Waals surface area contributed by atoms with Gasteiger partial charge in [0.05, 0.1) is 0 Å². The second-order valence-corrected chi connectivity index (χ2v) is 6.47. The van der Waals surface area contributed by atoms with Gasteiger partial charge in [-0.2, -0.15) is 0 Å². The quantitative estimate of drug-likeness (QED) is 0.345. The van der Waals surface area contributed by atoms with Crippen LogP contribution in [0.3, 0.4) is 0 Å². The summed E-state index contributed by atoms with van der Waals surface area (Å²) in [5.41, 5.74) is 5.45. The molecule has 1 unspecified atom stereocenters. The van der Waals surface area contributed by atoms with Crippen LogP contribution < -0.4 is 5.73 Å². The van der Waals surface area contributed by atoms with Gasteiger partial charge in [0.25, 0.3) is 0 Å². The van der Waals surface area contributed by atoms with Crippen LogP contribution in [-0.2, 0) is 9.59 Å². The summed E-state index contributed by atoms with van der Waals surface area (Å²) in [4.78, 5) is 20.9. The van der Waals surface area contributed by atoms with Crippen LogP contribution in [-0.4, -0.2) is 28.2 Å². The number of unbranched alkanes of at least 4 members (excludes halogenated alkanes) is 12. The molecule has 0 amide bonds. The molecule has 0 saturated carbocycles. The van der Waals surface area contributed by atoms with Crippen molar-refractivity contribution in [2.24, 2.45) is 5.73 Å². The summed E-state index contributed by atoms with van der Waals surface area (Å²) in [6.45, 7) is 0. The van der Waals surface area contributed by atoms with E-state index in [4.69, 9.17) is 15.9 Å². The summed E-state index contributed by atoms with van der Waals surface area (Å²) in [5, 5.41) is 17.2. The van der Waals surface area contributed by atoms with Gasteiger partial charge in [-0.15, -0.1) is 0 Å². The molecule has 23 heavy (non-hydrogen) atoms. The lowest BCUT2D eigenvalue weighted by atomic mass is 10.0. The average Bonchev–Trinajstić information content (AvgIpc) is 2.50. The van der Waals surface area contributed by atoms with Crippen LogP contribution in [0.2, 0.25) is 0 Å².